The zero-order valence-electron chi connectivity index (χ0n) is 13.9. The van der Waals surface area contributed by atoms with Gasteiger partial charge in [0.2, 0.25) is 17.8 Å². The maximum atomic E-state index is 12.8. The Balaban J connectivity index is 1.36. The van der Waals surface area contributed by atoms with Gasteiger partial charge in [0.25, 0.3) is 0 Å². The van der Waals surface area contributed by atoms with Crippen LogP contribution in [0.5, 0.6) is 0 Å². The summed E-state index contributed by atoms with van der Waals surface area (Å²) in [7, 11) is 0. The quantitative estimate of drug-likeness (QED) is 0.754. The minimum atomic E-state index is -0.351. The number of carbonyl (C=O) groups is 2. The SMILES string of the molecule is O=C1CC2(CCCC2)C(=O)N1C[NH+]1CCN(c2ncccn2)CC1. The van der Waals surface area contributed by atoms with E-state index in [1.54, 1.807) is 12.4 Å². The van der Waals surface area contributed by atoms with E-state index in [-0.39, 0.29) is 17.2 Å². The van der Waals surface area contributed by atoms with Gasteiger partial charge in [-0.1, -0.05) is 12.8 Å². The average molecular weight is 330 g/mol. The van der Waals surface area contributed by atoms with Gasteiger partial charge in [-0.05, 0) is 18.9 Å². The van der Waals surface area contributed by atoms with Crippen molar-refractivity contribution in [2.24, 2.45) is 5.41 Å². The Hall–Kier alpha value is -2.02. The van der Waals surface area contributed by atoms with Crippen molar-refractivity contribution < 1.29 is 14.5 Å². The number of nitrogens with zero attached hydrogens (tertiary/aromatic N) is 4. The minimum Gasteiger partial charge on any atom is -0.330 e. The molecule has 1 saturated carbocycles. The van der Waals surface area contributed by atoms with E-state index < -0.39 is 0 Å². The molecule has 7 heteroatoms. The lowest BCUT2D eigenvalue weighted by Gasteiger charge is -2.33. The number of anilines is 1. The van der Waals surface area contributed by atoms with Crippen LogP contribution in [0.2, 0.25) is 0 Å². The highest BCUT2D eigenvalue weighted by molar-refractivity contribution is 6.05. The summed E-state index contributed by atoms with van der Waals surface area (Å²) in [5.41, 5.74) is -0.351. The van der Waals surface area contributed by atoms with Crippen LogP contribution >= 0.6 is 0 Å². The van der Waals surface area contributed by atoms with Crippen LogP contribution < -0.4 is 9.80 Å². The van der Waals surface area contributed by atoms with Crippen molar-refractivity contribution in [3.63, 3.8) is 0 Å². The fourth-order valence-electron chi connectivity index (χ4n) is 4.32. The number of hydrogen-bond donors (Lipinski definition) is 1. The highest BCUT2D eigenvalue weighted by atomic mass is 16.2. The first-order valence-electron chi connectivity index (χ1n) is 8.88. The molecule has 4 rings (SSSR count). The molecule has 1 aromatic heterocycles. The van der Waals surface area contributed by atoms with Crippen molar-refractivity contribution in [3.05, 3.63) is 18.5 Å². The van der Waals surface area contributed by atoms with E-state index in [0.717, 1.165) is 57.8 Å². The monoisotopic (exact) mass is 330 g/mol. The molecule has 3 fully saturated rings. The van der Waals surface area contributed by atoms with Crippen LogP contribution in [0.15, 0.2) is 18.5 Å². The van der Waals surface area contributed by atoms with Gasteiger partial charge in [-0.3, -0.25) is 9.59 Å². The second-order valence-corrected chi connectivity index (χ2v) is 7.24. The number of piperazine rings is 1. The fourth-order valence-corrected chi connectivity index (χ4v) is 4.32. The summed E-state index contributed by atoms with van der Waals surface area (Å²) in [5.74, 6) is 0.879. The van der Waals surface area contributed by atoms with Crippen molar-refractivity contribution in [3.8, 4) is 0 Å². The standard InChI is InChI=1S/C17H23N5O2/c23-14-12-17(4-1-2-5-17)15(24)22(14)13-20-8-10-21(11-9-20)16-18-6-3-7-19-16/h3,6-7H,1-2,4-5,8-13H2/p+1. The van der Waals surface area contributed by atoms with E-state index in [2.05, 4.69) is 14.9 Å². The molecule has 1 N–H and O–H groups in total. The van der Waals surface area contributed by atoms with Crippen LogP contribution in [0.3, 0.4) is 0 Å². The summed E-state index contributed by atoms with van der Waals surface area (Å²) >= 11 is 0. The molecule has 24 heavy (non-hydrogen) atoms. The summed E-state index contributed by atoms with van der Waals surface area (Å²) < 4.78 is 0. The van der Waals surface area contributed by atoms with Gasteiger partial charge in [0.05, 0.1) is 31.6 Å². The van der Waals surface area contributed by atoms with E-state index in [1.807, 2.05) is 6.07 Å². The highest BCUT2D eigenvalue weighted by Crippen LogP contribution is 2.46. The number of amides is 2. The molecule has 1 aliphatic carbocycles. The van der Waals surface area contributed by atoms with Gasteiger partial charge in [0.1, 0.15) is 0 Å². The van der Waals surface area contributed by atoms with Crippen LogP contribution in [-0.4, -0.2) is 59.5 Å². The largest absolute Gasteiger partial charge is 0.330 e. The summed E-state index contributed by atoms with van der Waals surface area (Å²) in [5, 5.41) is 0. The molecule has 3 heterocycles. The Bertz CT molecular complexity index is 621. The van der Waals surface area contributed by atoms with Crippen molar-refractivity contribution >= 4 is 17.8 Å². The number of imide groups is 1. The number of nitrogens with one attached hydrogen (secondary N) is 1. The lowest BCUT2D eigenvalue weighted by Crippen LogP contribution is -3.16. The van der Waals surface area contributed by atoms with Crippen LogP contribution in [0.4, 0.5) is 5.95 Å². The number of aromatic nitrogens is 2. The maximum Gasteiger partial charge on any atom is 0.240 e. The summed E-state index contributed by atoms with van der Waals surface area (Å²) in [6.45, 7) is 3.99. The third-order valence-corrected chi connectivity index (χ3v) is 5.74. The average Bonchev–Trinajstić information content (AvgIpc) is 3.17. The Morgan fingerprint density at radius 1 is 1.08 bits per heavy atom. The lowest BCUT2D eigenvalue weighted by molar-refractivity contribution is -0.908. The number of quaternary nitrogens is 1. The first-order valence-corrected chi connectivity index (χ1v) is 8.88. The summed E-state index contributed by atoms with van der Waals surface area (Å²) in [6.07, 6.45) is 7.88. The number of likely N-dealkylation sites (tertiary alicyclic amines) is 1. The molecule has 128 valence electrons. The van der Waals surface area contributed by atoms with Crippen molar-refractivity contribution in [1.29, 1.82) is 0 Å². The fraction of sp³-hybridized carbons (Fsp3) is 0.647. The van der Waals surface area contributed by atoms with E-state index >= 15 is 0 Å². The van der Waals surface area contributed by atoms with Gasteiger partial charge >= 0.3 is 0 Å². The summed E-state index contributed by atoms with van der Waals surface area (Å²) in [4.78, 5) is 38.7. The predicted molar refractivity (Wildman–Crippen MR) is 87.2 cm³/mol. The Kier molecular flexibility index (Phi) is 3.96. The van der Waals surface area contributed by atoms with Crippen LogP contribution in [-0.2, 0) is 9.59 Å². The minimum absolute atomic E-state index is 0.0308. The molecule has 7 nitrogen and oxygen atoms in total. The molecule has 1 spiro atoms. The van der Waals surface area contributed by atoms with Crippen LogP contribution in [0.1, 0.15) is 32.1 Å². The third-order valence-electron chi connectivity index (χ3n) is 5.74. The van der Waals surface area contributed by atoms with E-state index in [9.17, 15) is 9.59 Å². The van der Waals surface area contributed by atoms with Crippen LogP contribution in [0, 0.1) is 5.41 Å². The Labute approximate surface area is 141 Å². The molecule has 1 aromatic rings. The Morgan fingerprint density at radius 2 is 1.75 bits per heavy atom. The molecule has 2 amide bonds. The maximum absolute atomic E-state index is 12.8. The van der Waals surface area contributed by atoms with Crippen molar-refractivity contribution in [2.45, 2.75) is 32.1 Å². The smallest absolute Gasteiger partial charge is 0.240 e. The number of rotatable bonds is 3. The lowest BCUT2D eigenvalue weighted by atomic mass is 9.85. The van der Waals surface area contributed by atoms with E-state index in [0.29, 0.717) is 13.1 Å². The topological polar surface area (TPSA) is 70.8 Å². The van der Waals surface area contributed by atoms with Gasteiger partial charge in [-0.15, -0.1) is 0 Å². The molecule has 0 bridgehead atoms. The van der Waals surface area contributed by atoms with Gasteiger partial charge in [-0.2, -0.15) is 0 Å². The molecule has 2 saturated heterocycles. The normalized spacial score (nSPS) is 24.3. The molecule has 2 aliphatic heterocycles. The van der Waals surface area contributed by atoms with Crippen molar-refractivity contribution in [1.82, 2.24) is 14.9 Å². The first kappa shape index (κ1) is 15.5. The highest BCUT2D eigenvalue weighted by Gasteiger charge is 2.53. The van der Waals surface area contributed by atoms with Gasteiger partial charge < -0.3 is 9.80 Å². The molecule has 0 atom stereocenters. The molecule has 3 aliphatic rings. The zero-order valence-corrected chi connectivity index (χ0v) is 13.9. The first-order chi connectivity index (χ1) is 11.7. The number of hydrogen-bond acceptors (Lipinski definition) is 5. The number of carbonyl (C=O) groups excluding carboxylic acids is 2. The van der Waals surface area contributed by atoms with Gasteiger partial charge in [0, 0.05) is 18.8 Å². The molecule has 0 aromatic carbocycles. The third kappa shape index (κ3) is 2.66. The van der Waals surface area contributed by atoms with Gasteiger partial charge in [0.15, 0.2) is 6.67 Å². The van der Waals surface area contributed by atoms with E-state index in [4.69, 9.17) is 0 Å². The molecule has 0 unspecified atom stereocenters. The predicted octanol–water partition coefficient (Wildman–Crippen LogP) is -0.542. The second-order valence-electron chi connectivity index (χ2n) is 7.24. The molecule has 0 radical (unpaired) electrons. The zero-order chi connectivity index (χ0) is 16.6. The van der Waals surface area contributed by atoms with Gasteiger partial charge in [-0.25, -0.2) is 14.9 Å². The van der Waals surface area contributed by atoms with Crippen LogP contribution in [0.25, 0.3) is 0 Å². The van der Waals surface area contributed by atoms with E-state index in [1.165, 1.54) is 9.80 Å². The van der Waals surface area contributed by atoms with Crippen molar-refractivity contribution in [2.75, 3.05) is 37.7 Å². The second kappa shape index (κ2) is 6.12. The molecular weight excluding hydrogens is 306 g/mol. The Morgan fingerprint density at radius 3 is 2.42 bits per heavy atom. The summed E-state index contributed by atoms with van der Waals surface area (Å²) in [6, 6.07) is 1.81. The molecular formula is C17H24N5O2+.